The van der Waals surface area contributed by atoms with Crippen molar-refractivity contribution >= 4 is 0 Å². The Labute approximate surface area is 67.4 Å². The van der Waals surface area contributed by atoms with Gasteiger partial charge in [0.25, 0.3) is 0 Å². The maximum absolute atomic E-state index is 9.39. The fourth-order valence-corrected chi connectivity index (χ4v) is 1.55. The summed E-state index contributed by atoms with van der Waals surface area (Å²) in [6, 6.07) is 0.310. The Morgan fingerprint density at radius 1 is 1.55 bits per heavy atom. The highest BCUT2D eigenvalue weighted by Gasteiger charge is 2.25. The van der Waals surface area contributed by atoms with Gasteiger partial charge in [-0.3, -0.25) is 0 Å². The van der Waals surface area contributed by atoms with Gasteiger partial charge in [0.05, 0.1) is 12.7 Å². The lowest BCUT2D eigenvalue weighted by molar-refractivity contribution is 0.134. The van der Waals surface area contributed by atoms with E-state index in [1.165, 1.54) is 0 Å². The van der Waals surface area contributed by atoms with E-state index >= 15 is 0 Å². The number of aliphatic hydroxyl groups is 2. The van der Waals surface area contributed by atoms with Gasteiger partial charge in [0, 0.05) is 12.1 Å². The smallest absolute Gasteiger partial charge is 0.0693 e. The van der Waals surface area contributed by atoms with E-state index in [1.54, 1.807) is 0 Å². The molecular weight excluding hydrogens is 142 g/mol. The number of rotatable bonds is 3. The van der Waals surface area contributed by atoms with Crippen molar-refractivity contribution in [1.29, 1.82) is 0 Å². The molecule has 0 bridgehead atoms. The fraction of sp³-hybridized carbons (Fsp3) is 1.00. The summed E-state index contributed by atoms with van der Waals surface area (Å²) in [5.41, 5.74) is 0. The first-order chi connectivity index (χ1) is 5.24. The van der Waals surface area contributed by atoms with Crippen LogP contribution in [0.1, 0.15) is 26.2 Å². The Balaban J connectivity index is 2.24. The summed E-state index contributed by atoms with van der Waals surface area (Å²) in [5, 5.41) is 21.3. The number of hydrogen-bond acceptors (Lipinski definition) is 3. The zero-order chi connectivity index (χ0) is 8.27. The van der Waals surface area contributed by atoms with Gasteiger partial charge in [-0.15, -0.1) is 0 Å². The first-order valence-corrected chi connectivity index (χ1v) is 4.29. The summed E-state index contributed by atoms with van der Waals surface area (Å²) in [6.07, 6.45) is 2.82. The van der Waals surface area contributed by atoms with Crippen LogP contribution >= 0.6 is 0 Å². The highest BCUT2D eigenvalue weighted by molar-refractivity contribution is 4.84. The Bertz CT molecular complexity index is 119. The summed E-state index contributed by atoms with van der Waals surface area (Å²) >= 11 is 0. The average Bonchev–Trinajstić information content (AvgIpc) is 2.37. The first-order valence-electron chi connectivity index (χ1n) is 4.29. The number of aliphatic hydroxyl groups excluding tert-OH is 2. The molecule has 0 saturated heterocycles. The first kappa shape index (κ1) is 8.97. The van der Waals surface area contributed by atoms with Crippen LogP contribution in [0, 0.1) is 0 Å². The Hall–Kier alpha value is -0.120. The zero-order valence-corrected chi connectivity index (χ0v) is 6.95. The van der Waals surface area contributed by atoms with Crippen molar-refractivity contribution in [3.63, 3.8) is 0 Å². The lowest BCUT2D eigenvalue weighted by atomic mass is 10.2. The standard InChI is InChI=1S/C8H17NO2/c1-6(5-10)9-7-3-2-4-8(7)11/h6-11H,2-5H2,1H3/t6?,7-,8-/m0/s1. The predicted molar refractivity (Wildman–Crippen MR) is 43.3 cm³/mol. The second-order valence-corrected chi connectivity index (χ2v) is 3.36. The summed E-state index contributed by atoms with van der Waals surface area (Å²) in [5.74, 6) is 0. The molecule has 0 aromatic carbocycles. The summed E-state index contributed by atoms with van der Waals surface area (Å²) < 4.78 is 0. The molecule has 0 radical (unpaired) electrons. The molecule has 0 aliphatic heterocycles. The van der Waals surface area contributed by atoms with E-state index in [0.717, 1.165) is 19.3 Å². The van der Waals surface area contributed by atoms with E-state index in [1.807, 2.05) is 6.92 Å². The molecule has 0 aromatic heterocycles. The summed E-state index contributed by atoms with van der Waals surface area (Å²) in [4.78, 5) is 0. The van der Waals surface area contributed by atoms with Crippen LogP contribution in [0.5, 0.6) is 0 Å². The van der Waals surface area contributed by atoms with Crippen LogP contribution in [-0.2, 0) is 0 Å². The third-order valence-electron chi connectivity index (χ3n) is 2.25. The third-order valence-corrected chi connectivity index (χ3v) is 2.25. The molecule has 11 heavy (non-hydrogen) atoms. The molecule has 66 valence electrons. The minimum atomic E-state index is -0.205. The molecule has 1 aliphatic rings. The molecular formula is C8H17NO2. The molecule has 0 heterocycles. The topological polar surface area (TPSA) is 52.5 Å². The molecule has 3 nitrogen and oxygen atoms in total. The van der Waals surface area contributed by atoms with E-state index in [0.29, 0.717) is 0 Å². The van der Waals surface area contributed by atoms with Crippen LogP contribution in [-0.4, -0.2) is 35.0 Å². The van der Waals surface area contributed by atoms with Crippen LogP contribution in [0.15, 0.2) is 0 Å². The van der Waals surface area contributed by atoms with Gasteiger partial charge in [-0.2, -0.15) is 0 Å². The van der Waals surface area contributed by atoms with Gasteiger partial charge in [0.1, 0.15) is 0 Å². The largest absolute Gasteiger partial charge is 0.395 e. The summed E-state index contributed by atoms with van der Waals surface area (Å²) in [7, 11) is 0. The maximum atomic E-state index is 9.39. The van der Waals surface area contributed by atoms with Crippen LogP contribution in [0.3, 0.4) is 0 Å². The molecule has 3 N–H and O–H groups in total. The molecule has 1 unspecified atom stereocenters. The van der Waals surface area contributed by atoms with E-state index < -0.39 is 0 Å². The minimum Gasteiger partial charge on any atom is -0.395 e. The van der Waals surface area contributed by atoms with Crippen molar-refractivity contribution in [3.8, 4) is 0 Å². The molecule has 3 heteroatoms. The highest BCUT2D eigenvalue weighted by Crippen LogP contribution is 2.18. The second kappa shape index (κ2) is 4.04. The van der Waals surface area contributed by atoms with Crippen LogP contribution in [0.2, 0.25) is 0 Å². The third kappa shape index (κ3) is 2.43. The Morgan fingerprint density at radius 2 is 2.27 bits per heavy atom. The van der Waals surface area contributed by atoms with Crippen molar-refractivity contribution in [2.75, 3.05) is 6.61 Å². The second-order valence-electron chi connectivity index (χ2n) is 3.36. The van der Waals surface area contributed by atoms with E-state index in [2.05, 4.69) is 5.32 Å². The summed E-state index contributed by atoms with van der Waals surface area (Å²) in [6.45, 7) is 2.06. The minimum absolute atomic E-state index is 0.104. The maximum Gasteiger partial charge on any atom is 0.0693 e. The number of nitrogens with one attached hydrogen (secondary N) is 1. The lowest BCUT2D eigenvalue weighted by Crippen LogP contribution is -2.42. The van der Waals surface area contributed by atoms with Gasteiger partial charge in [0.2, 0.25) is 0 Å². The lowest BCUT2D eigenvalue weighted by Gasteiger charge is -2.20. The normalized spacial score (nSPS) is 34.1. The Kier molecular flexibility index (Phi) is 3.30. The molecule has 0 aromatic rings. The fourth-order valence-electron chi connectivity index (χ4n) is 1.55. The SMILES string of the molecule is CC(CO)N[C@H]1CCC[C@@H]1O. The number of hydrogen-bond donors (Lipinski definition) is 3. The quantitative estimate of drug-likeness (QED) is 0.537. The molecule has 3 atom stereocenters. The van der Waals surface area contributed by atoms with Crippen molar-refractivity contribution < 1.29 is 10.2 Å². The van der Waals surface area contributed by atoms with Crippen molar-refractivity contribution in [2.24, 2.45) is 0 Å². The molecule has 0 amide bonds. The zero-order valence-electron chi connectivity index (χ0n) is 6.95. The molecule has 1 fully saturated rings. The van der Waals surface area contributed by atoms with Crippen LogP contribution in [0.25, 0.3) is 0 Å². The van der Waals surface area contributed by atoms with Gasteiger partial charge >= 0.3 is 0 Å². The van der Waals surface area contributed by atoms with Crippen LogP contribution in [0.4, 0.5) is 0 Å². The van der Waals surface area contributed by atoms with E-state index in [4.69, 9.17) is 5.11 Å². The molecule has 0 spiro atoms. The Morgan fingerprint density at radius 3 is 2.73 bits per heavy atom. The highest BCUT2D eigenvalue weighted by atomic mass is 16.3. The molecule has 1 aliphatic carbocycles. The van der Waals surface area contributed by atoms with E-state index in [9.17, 15) is 5.11 Å². The van der Waals surface area contributed by atoms with Gasteiger partial charge in [-0.05, 0) is 26.2 Å². The van der Waals surface area contributed by atoms with Crippen molar-refractivity contribution in [2.45, 2.75) is 44.4 Å². The van der Waals surface area contributed by atoms with Gasteiger partial charge in [-0.25, -0.2) is 0 Å². The van der Waals surface area contributed by atoms with Gasteiger partial charge < -0.3 is 15.5 Å². The van der Waals surface area contributed by atoms with E-state index in [-0.39, 0.29) is 24.8 Å². The van der Waals surface area contributed by atoms with Crippen molar-refractivity contribution in [1.82, 2.24) is 5.32 Å². The molecule has 1 rings (SSSR count). The van der Waals surface area contributed by atoms with Crippen LogP contribution < -0.4 is 5.32 Å². The average molecular weight is 159 g/mol. The van der Waals surface area contributed by atoms with Crippen molar-refractivity contribution in [3.05, 3.63) is 0 Å². The molecule has 1 saturated carbocycles. The monoisotopic (exact) mass is 159 g/mol. The van der Waals surface area contributed by atoms with Gasteiger partial charge in [-0.1, -0.05) is 0 Å². The van der Waals surface area contributed by atoms with Gasteiger partial charge in [0.15, 0.2) is 0 Å². The predicted octanol–water partition coefficient (Wildman–Crippen LogP) is -0.130.